The van der Waals surface area contributed by atoms with Crippen molar-refractivity contribution in [1.82, 2.24) is 9.88 Å². The normalized spacial score (nSPS) is 28.0. The molecule has 0 spiro atoms. The van der Waals surface area contributed by atoms with Gasteiger partial charge in [-0.3, -0.25) is 14.9 Å². The number of hydrogen-bond donors (Lipinski definition) is 2. The molecule has 4 rings (SSSR count). The average Bonchev–Trinajstić information content (AvgIpc) is 3.20. The summed E-state index contributed by atoms with van der Waals surface area (Å²) in [5.41, 5.74) is -0.0456. The zero-order chi connectivity index (χ0) is 26.4. The van der Waals surface area contributed by atoms with Crippen molar-refractivity contribution in [1.29, 1.82) is 0 Å². The number of thiazole rings is 1. The zero-order valence-electron chi connectivity index (χ0n) is 21.1. The number of hydrogen-bond acceptors (Lipinski definition) is 5. The van der Waals surface area contributed by atoms with E-state index in [-0.39, 0.29) is 40.1 Å². The molecule has 194 valence electrons. The van der Waals surface area contributed by atoms with Gasteiger partial charge >= 0.3 is 0 Å². The predicted molar refractivity (Wildman–Crippen MR) is 136 cm³/mol. The number of aromatic nitrogens is 1. The summed E-state index contributed by atoms with van der Waals surface area (Å²) in [7, 11) is 1.74. The number of amides is 2. The van der Waals surface area contributed by atoms with E-state index >= 15 is 0 Å². The molecule has 9 heteroatoms. The van der Waals surface area contributed by atoms with Crippen molar-refractivity contribution < 1.29 is 23.5 Å². The standard InChI is InChI=1S/C27H33F2N3O3S/c1-6-12-32(5)25(35)14(2)16-10-11-27(4)13-19-22(15(3)21(27)23(16)33)30-26(36-19)31-24(34)20-17(28)8-7-9-18(20)29/h6-9,14-16,21,23,33H,1,10-13H2,2-5H3,(H,30,31,34)/t14-,15+,16-,21+,23-,27+/m0/s1. The molecule has 0 unspecified atom stereocenters. The Hall–Kier alpha value is -2.65. The summed E-state index contributed by atoms with van der Waals surface area (Å²) >= 11 is 1.31. The van der Waals surface area contributed by atoms with E-state index in [4.69, 9.17) is 0 Å². The van der Waals surface area contributed by atoms with E-state index in [1.165, 1.54) is 17.4 Å². The Morgan fingerprint density at radius 2 is 2.06 bits per heavy atom. The number of nitrogens with one attached hydrogen (secondary N) is 1. The molecule has 1 aromatic carbocycles. The van der Waals surface area contributed by atoms with Gasteiger partial charge in [-0.05, 0) is 48.6 Å². The van der Waals surface area contributed by atoms with E-state index < -0.39 is 29.2 Å². The molecular formula is C27H33F2N3O3S. The summed E-state index contributed by atoms with van der Waals surface area (Å²) in [5.74, 6) is -3.49. The molecule has 0 bridgehead atoms. The van der Waals surface area contributed by atoms with Crippen molar-refractivity contribution in [2.75, 3.05) is 18.9 Å². The third kappa shape index (κ3) is 4.59. The van der Waals surface area contributed by atoms with E-state index in [0.717, 1.165) is 35.5 Å². The second kappa shape index (κ2) is 10.0. The molecule has 2 amide bonds. The van der Waals surface area contributed by atoms with Crippen LogP contribution in [-0.4, -0.2) is 46.5 Å². The minimum Gasteiger partial charge on any atom is -0.392 e. The topological polar surface area (TPSA) is 82.5 Å². The van der Waals surface area contributed by atoms with Gasteiger partial charge in [0.15, 0.2) is 5.13 Å². The number of carbonyl (C=O) groups excluding carboxylic acids is 2. The van der Waals surface area contributed by atoms with Crippen LogP contribution in [0.3, 0.4) is 0 Å². The predicted octanol–water partition coefficient (Wildman–Crippen LogP) is 5.01. The Labute approximate surface area is 214 Å². The molecule has 36 heavy (non-hydrogen) atoms. The number of likely N-dealkylation sites (N-methyl/N-ethyl adjacent to an activating group) is 1. The molecule has 1 heterocycles. The van der Waals surface area contributed by atoms with Crippen LogP contribution in [0.5, 0.6) is 0 Å². The highest BCUT2D eigenvalue weighted by Gasteiger charge is 2.54. The number of carbonyl (C=O) groups is 2. The fraction of sp³-hybridized carbons (Fsp3) is 0.519. The van der Waals surface area contributed by atoms with Crippen LogP contribution in [-0.2, 0) is 11.2 Å². The highest BCUT2D eigenvalue weighted by Crippen LogP contribution is 2.57. The highest BCUT2D eigenvalue weighted by atomic mass is 32.1. The lowest BCUT2D eigenvalue weighted by atomic mass is 9.53. The SMILES string of the molecule is C=CCN(C)C(=O)[C@@H](C)[C@@H]1CC[C@]2(C)Cc3sc(NC(=O)c4c(F)cccc4F)nc3[C@H](C)[C@@H]2[C@H]1O. The van der Waals surface area contributed by atoms with E-state index in [1.807, 2.05) is 13.8 Å². The summed E-state index contributed by atoms with van der Waals surface area (Å²) in [4.78, 5) is 32.8. The molecule has 1 saturated carbocycles. The van der Waals surface area contributed by atoms with E-state index in [2.05, 4.69) is 23.8 Å². The maximum Gasteiger partial charge on any atom is 0.263 e. The van der Waals surface area contributed by atoms with Gasteiger partial charge in [0.1, 0.15) is 17.2 Å². The average molecular weight is 518 g/mol. The number of aliphatic hydroxyl groups is 1. The number of fused-ring (bicyclic) bond motifs is 2. The van der Waals surface area contributed by atoms with Gasteiger partial charge in [0.25, 0.3) is 5.91 Å². The number of rotatable bonds is 6. The first-order valence-corrected chi connectivity index (χ1v) is 13.1. The smallest absolute Gasteiger partial charge is 0.263 e. The van der Waals surface area contributed by atoms with Crippen LogP contribution in [0.1, 0.15) is 60.5 Å². The third-order valence-corrected chi connectivity index (χ3v) is 9.13. The summed E-state index contributed by atoms with van der Waals surface area (Å²) < 4.78 is 28.1. The molecule has 0 saturated heterocycles. The van der Waals surface area contributed by atoms with Gasteiger partial charge in [0.05, 0.1) is 11.8 Å². The maximum atomic E-state index is 14.1. The number of benzene rings is 1. The van der Waals surface area contributed by atoms with Gasteiger partial charge in [-0.15, -0.1) is 17.9 Å². The van der Waals surface area contributed by atoms with Crippen LogP contribution >= 0.6 is 11.3 Å². The van der Waals surface area contributed by atoms with Crippen LogP contribution in [0.15, 0.2) is 30.9 Å². The second-order valence-electron chi connectivity index (χ2n) is 10.5. The largest absolute Gasteiger partial charge is 0.392 e. The molecule has 2 aliphatic rings. The van der Waals surface area contributed by atoms with Gasteiger partial charge in [0, 0.05) is 30.3 Å². The van der Waals surface area contributed by atoms with Crippen molar-refractivity contribution in [3.63, 3.8) is 0 Å². The Kier molecular flexibility index (Phi) is 7.35. The zero-order valence-corrected chi connectivity index (χ0v) is 21.9. The maximum absolute atomic E-state index is 14.1. The Morgan fingerprint density at radius 1 is 1.39 bits per heavy atom. The van der Waals surface area contributed by atoms with Gasteiger partial charge in [-0.1, -0.05) is 32.9 Å². The Bertz CT molecular complexity index is 1160. The molecule has 1 fully saturated rings. The van der Waals surface area contributed by atoms with Gasteiger partial charge in [-0.2, -0.15) is 0 Å². The molecule has 1 aromatic heterocycles. The minimum atomic E-state index is -0.933. The molecule has 0 radical (unpaired) electrons. The molecular weight excluding hydrogens is 484 g/mol. The summed E-state index contributed by atoms with van der Waals surface area (Å²) in [5, 5.41) is 14.4. The van der Waals surface area contributed by atoms with Crippen LogP contribution in [0, 0.1) is 34.8 Å². The molecule has 6 atom stereocenters. The van der Waals surface area contributed by atoms with Crippen molar-refractivity contribution in [3.05, 3.63) is 58.6 Å². The summed E-state index contributed by atoms with van der Waals surface area (Å²) in [6, 6.07) is 3.28. The lowest BCUT2D eigenvalue weighted by Crippen LogP contribution is -2.53. The van der Waals surface area contributed by atoms with Crippen LogP contribution < -0.4 is 5.32 Å². The van der Waals surface area contributed by atoms with Crippen LogP contribution in [0.2, 0.25) is 0 Å². The lowest BCUT2D eigenvalue weighted by Gasteiger charge is -2.53. The first-order chi connectivity index (χ1) is 17.0. The monoisotopic (exact) mass is 517 g/mol. The van der Waals surface area contributed by atoms with Gasteiger partial charge in [0.2, 0.25) is 5.91 Å². The number of aliphatic hydroxyl groups excluding tert-OH is 1. The lowest BCUT2D eigenvalue weighted by molar-refractivity contribution is -0.143. The second-order valence-corrected chi connectivity index (χ2v) is 11.6. The van der Waals surface area contributed by atoms with Crippen molar-refractivity contribution in [2.24, 2.45) is 23.2 Å². The minimum absolute atomic E-state index is 0.00858. The van der Waals surface area contributed by atoms with Gasteiger partial charge < -0.3 is 10.0 Å². The fourth-order valence-electron chi connectivity index (χ4n) is 6.29. The van der Waals surface area contributed by atoms with E-state index in [1.54, 1.807) is 18.0 Å². The molecule has 2 aromatic rings. The van der Waals surface area contributed by atoms with Crippen molar-refractivity contribution >= 4 is 28.3 Å². The fourth-order valence-corrected chi connectivity index (χ4v) is 7.55. The van der Waals surface area contributed by atoms with Crippen LogP contribution in [0.4, 0.5) is 13.9 Å². The number of halogens is 2. The summed E-state index contributed by atoms with van der Waals surface area (Å²) in [6.45, 7) is 10.2. The Balaban J connectivity index is 1.57. The van der Waals surface area contributed by atoms with Gasteiger partial charge in [-0.25, -0.2) is 13.8 Å². The molecule has 2 aliphatic carbocycles. The summed E-state index contributed by atoms with van der Waals surface area (Å²) in [6.07, 6.45) is 3.27. The number of anilines is 1. The first-order valence-electron chi connectivity index (χ1n) is 12.3. The first kappa shape index (κ1) is 26.4. The Morgan fingerprint density at radius 3 is 2.69 bits per heavy atom. The number of nitrogens with zero attached hydrogens (tertiary/aromatic N) is 2. The molecule has 0 aliphatic heterocycles. The van der Waals surface area contributed by atoms with Crippen molar-refractivity contribution in [3.8, 4) is 0 Å². The van der Waals surface area contributed by atoms with E-state index in [9.17, 15) is 23.5 Å². The molecule has 6 nitrogen and oxygen atoms in total. The van der Waals surface area contributed by atoms with Crippen LogP contribution in [0.25, 0.3) is 0 Å². The third-order valence-electron chi connectivity index (χ3n) is 8.14. The van der Waals surface area contributed by atoms with Crippen molar-refractivity contribution in [2.45, 2.75) is 52.1 Å². The highest BCUT2D eigenvalue weighted by molar-refractivity contribution is 7.15. The van der Waals surface area contributed by atoms with E-state index in [0.29, 0.717) is 13.0 Å². The molecule has 2 N–H and O–H groups in total. The quantitative estimate of drug-likeness (QED) is 0.528.